The minimum absolute atomic E-state index is 0.0842. The zero-order chi connectivity index (χ0) is 18.2. The maximum atomic E-state index is 12.2. The number of nitrogens with one attached hydrogen (secondary N) is 1. The molecule has 1 unspecified atom stereocenters. The van der Waals surface area contributed by atoms with Crippen LogP contribution in [0.5, 0.6) is 5.75 Å². The van der Waals surface area contributed by atoms with Crippen molar-refractivity contribution in [2.24, 2.45) is 0 Å². The Kier molecular flexibility index (Phi) is 7.12. The third kappa shape index (κ3) is 5.97. The predicted octanol–water partition coefficient (Wildman–Crippen LogP) is 1.47. The normalized spacial score (nSPS) is 16.5. The summed E-state index contributed by atoms with van der Waals surface area (Å²) in [6.45, 7) is 2.20. The Bertz CT molecular complexity index is 620. The second kappa shape index (κ2) is 9.31. The smallest absolute Gasteiger partial charge is 0.303 e. The Hall–Kier alpha value is -2.22. The van der Waals surface area contributed by atoms with Crippen molar-refractivity contribution in [2.45, 2.75) is 32.4 Å². The third-order valence-corrected chi connectivity index (χ3v) is 4.80. The Balaban J connectivity index is 1.76. The van der Waals surface area contributed by atoms with Crippen molar-refractivity contribution in [3.8, 4) is 5.75 Å². The highest BCUT2D eigenvalue weighted by Crippen LogP contribution is 2.21. The van der Waals surface area contributed by atoms with Gasteiger partial charge in [-0.25, -0.2) is 0 Å². The van der Waals surface area contributed by atoms with Crippen molar-refractivity contribution >= 4 is 29.5 Å². The second-order valence-electron chi connectivity index (χ2n) is 5.71. The Morgan fingerprint density at radius 2 is 2.04 bits per heavy atom. The summed E-state index contributed by atoms with van der Waals surface area (Å²) in [6.07, 6.45) is 0.542. The first-order valence-electron chi connectivity index (χ1n) is 8.03. The van der Waals surface area contributed by atoms with Crippen molar-refractivity contribution in [3.63, 3.8) is 0 Å². The van der Waals surface area contributed by atoms with E-state index in [1.807, 2.05) is 12.1 Å². The number of carbonyl (C=O) groups is 3. The van der Waals surface area contributed by atoms with Crippen molar-refractivity contribution < 1.29 is 24.2 Å². The lowest BCUT2D eigenvalue weighted by Gasteiger charge is -2.21. The first-order chi connectivity index (χ1) is 12.0. The molecule has 2 N–H and O–H groups in total. The molecule has 0 radical (unpaired) electrons. The lowest BCUT2D eigenvalue weighted by atomic mass is 10.2. The molecule has 1 aliphatic heterocycles. The van der Waals surface area contributed by atoms with Crippen LogP contribution in [-0.2, 0) is 20.9 Å². The quantitative estimate of drug-likeness (QED) is 0.677. The fourth-order valence-corrected chi connectivity index (χ4v) is 3.61. The van der Waals surface area contributed by atoms with E-state index in [0.717, 1.165) is 5.56 Å². The van der Waals surface area contributed by atoms with Gasteiger partial charge < -0.3 is 20.1 Å². The van der Waals surface area contributed by atoms with Crippen molar-refractivity contribution in [2.75, 3.05) is 18.2 Å². The summed E-state index contributed by atoms with van der Waals surface area (Å²) in [5.41, 5.74) is 0.922. The zero-order valence-corrected chi connectivity index (χ0v) is 14.9. The number of hydrogen-bond donors (Lipinski definition) is 2. The SMILES string of the molecule is CC(=O)N1CSCC1C(=O)NCc1ccc(OCCCC(=O)O)cc1. The molecule has 2 rings (SSSR count). The van der Waals surface area contributed by atoms with Crippen LogP contribution in [0.1, 0.15) is 25.3 Å². The van der Waals surface area contributed by atoms with Gasteiger partial charge in [0, 0.05) is 25.6 Å². The van der Waals surface area contributed by atoms with E-state index in [-0.39, 0.29) is 18.2 Å². The number of benzene rings is 1. The topological polar surface area (TPSA) is 95.9 Å². The Morgan fingerprint density at radius 3 is 2.68 bits per heavy atom. The summed E-state index contributed by atoms with van der Waals surface area (Å²) in [6, 6.07) is 6.86. The number of carboxylic acid groups (broad SMARTS) is 1. The standard InChI is InChI=1S/C17H22N2O5S/c1-12(20)19-11-25-10-15(19)17(23)18-9-13-4-6-14(7-5-13)24-8-2-3-16(21)22/h4-7,15H,2-3,8-11H2,1H3,(H,18,23)(H,21,22). The van der Waals surface area contributed by atoms with Gasteiger partial charge in [-0.2, -0.15) is 0 Å². The average molecular weight is 366 g/mol. The van der Waals surface area contributed by atoms with Gasteiger partial charge in [-0.1, -0.05) is 12.1 Å². The minimum atomic E-state index is -0.835. The molecule has 7 nitrogen and oxygen atoms in total. The van der Waals surface area contributed by atoms with Crippen LogP contribution >= 0.6 is 11.8 Å². The molecule has 25 heavy (non-hydrogen) atoms. The molecule has 0 bridgehead atoms. The van der Waals surface area contributed by atoms with E-state index in [4.69, 9.17) is 9.84 Å². The van der Waals surface area contributed by atoms with Crippen molar-refractivity contribution in [1.82, 2.24) is 10.2 Å². The minimum Gasteiger partial charge on any atom is -0.494 e. The highest BCUT2D eigenvalue weighted by atomic mass is 32.2. The first kappa shape index (κ1) is 19.1. The summed E-state index contributed by atoms with van der Waals surface area (Å²) in [5.74, 6) is 0.772. The van der Waals surface area contributed by atoms with Crippen LogP contribution in [0.2, 0.25) is 0 Å². The number of carboxylic acids is 1. The molecule has 1 fully saturated rings. The maximum absolute atomic E-state index is 12.2. The monoisotopic (exact) mass is 366 g/mol. The van der Waals surface area contributed by atoms with E-state index in [2.05, 4.69) is 5.32 Å². The number of ether oxygens (including phenoxy) is 1. The van der Waals surface area contributed by atoms with Gasteiger partial charge in [0.05, 0.1) is 12.5 Å². The van der Waals surface area contributed by atoms with Crippen LogP contribution in [0.25, 0.3) is 0 Å². The molecule has 8 heteroatoms. The predicted molar refractivity (Wildman–Crippen MR) is 94.3 cm³/mol. The molecule has 0 aromatic heterocycles. The first-order valence-corrected chi connectivity index (χ1v) is 9.19. The molecule has 0 spiro atoms. The summed E-state index contributed by atoms with van der Waals surface area (Å²) >= 11 is 1.57. The van der Waals surface area contributed by atoms with Crippen LogP contribution < -0.4 is 10.1 Å². The van der Waals surface area contributed by atoms with Crippen LogP contribution in [0.15, 0.2) is 24.3 Å². The number of nitrogens with zero attached hydrogens (tertiary/aromatic N) is 1. The van der Waals surface area contributed by atoms with E-state index >= 15 is 0 Å². The van der Waals surface area contributed by atoms with E-state index in [1.165, 1.54) is 6.92 Å². The van der Waals surface area contributed by atoms with E-state index in [1.54, 1.807) is 28.8 Å². The third-order valence-electron chi connectivity index (χ3n) is 3.78. The van der Waals surface area contributed by atoms with Crippen molar-refractivity contribution in [1.29, 1.82) is 0 Å². The molecule has 1 heterocycles. The number of carbonyl (C=O) groups excluding carboxylic acids is 2. The Labute approximate surface area is 150 Å². The lowest BCUT2D eigenvalue weighted by Crippen LogP contribution is -2.46. The maximum Gasteiger partial charge on any atom is 0.303 e. The number of thioether (sulfide) groups is 1. The number of hydrogen-bond acceptors (Lipinski definition) is 5. The molecule has 1 atom stereocenters. The van der Waals surface area contributed by atoms with Gasteiger partial charge in [0.2, 0.25) is 11.8 Å². The van der Waals surface area contributed by atoms with Gasteiger partial charge >= 0.3 is 5.97 Å². The van der Waals surface area contributed by atoms with Crippen LogP contribution in [0.3, 0.4) is 0 Å². The molecule has 1 aliphatic rings. The van der Waals surface area contributed by atoms with Crippen LogP contribution in [-0.4, -0.2) is 52.1 Å². The largest absolute Gasteiger partial charge is 0.494 e. The molecular weight excluding hydrogens is 344 g/mol. The molecule has 2 amide bonds. The molecule has 136 valence electrons. The van der Waals surface area contributed by atoms with E-state index < -0.39 is 12.0 Å². The fourth-order valence-electron chi connectivity index (χ4n) is 2.39. The molecule has 1 saturated heterocycles. The van der Waals surface area contributed by atoms with Gasteiger partial charge in [0.1, 0.15) is 11.8 Å². The number of rotatable bonds is 8. The highest BCUT2D eigenvalue weighted by Gasteiger charge is 2.32. The fraction of sp³-hybridized carbons (Fsp3) is 0.471. The number of amides is 2. The van der Waals surface area contributed by atoms with Gasteiger partial charge in [-0.05, 0) is 24.1 Å². The summed E-state index contributed by atoms with van der Waals surface area (Å²) in [4.78, 5) is 35.7. The highest BCUT2D eigenvalue weighted by molar-refractivity contribution is 7.99. The average Bonchev–Trinajstić information content (AvgIpc) is 3.07. The molecule has 0 saturated carbocycles. The second-order valence-corrected chi connectivity index (χ2v) is 6.71. The zero-order valence-electron chi connectivity index (χ0n) is 14.1. The molecule has 0 aliphatic carbocycles. The van der Waals surface area contributed by atoms with Gasteiger partial charge in [0.25, 0.3) is 0 Å². The summed E-state index contributed by atoms with van der Waals surface area (Å²) < 4.78 is 5.46. The lowest BCUT2D eigenvalue weighted by molar-refractivity contribution is -0.137. The summed E-state index contributed by atoms with van der Waals surface area (Å²) in [5, 5.41) is 11.4. The molecule has 1 aromatic carbocycles. The van der Waals surface area contributed by atoms with Crippen LogP contribution in [0, 0.1) is 0 Å². The summed E-state index contributed by atoms with van der Waals surface area (Å²) in [7, 11) is 0. The van der Waals surface area contributed by atoms with Crippen LogP contribution in [0.4, 0.5) is 0 Å². The molecule has 1 aromatic rings. The Morgan fingerprint density at radius 1 is 1.32 bits per heavy atom. The van der Waals surface area contributed by atoms with Crippen molar-refractivity contribution in [3.05, 3.63) is 29.8 Å². The van der Waals surface area contributed by atoms with E-state index in [9.17, 15) is 14.4 Å². The molecular formula is C17H22N2O5S. The van der Waals surface area contributed by atoms with Gasteiger partial charge in [-0.15, -0.1) is 11.8 Å². The van der Waals surface area contributed by atoms with Gasteiger partial charge in [0.15, 0.2) is 0 Å². The number of aliphatic carboxylic acids is 1. The van der Waals surface area contributed by atoms with Gasteiger partial charge in [-0.3, -0.25) is 14.4 Å². The van der Waals surface area contributed by atoms with E-state index in [0.29, 0.717) is 37.0 Å².